The molecule has 230 valence electrons. The van der Waals surface area contributed by atoms with Crippen LogP contribution in [-0.4, -0.2) is 46.3 Å². The number of aliphatic hydroxyl groups excluding tert-OH is 1. The van der Waals surface area contributed by atoms with Crippen LogP contribution in [0.1, 0.15) is 95.4 Å². The van der Waals surface area contributed by atoms with Gasteiger partial charge in [0.1, 0.15) is 6.29 Å². The summed E-state index contributed by atoms with van der Waals surface area (Å²) in [6.07, 6.45) is 9.12. The summed E-state index contributed by atoms with van der Waals surface area (Å²) in [5.41, 5.74) is 0. The van der Waals surface area contributed by atoms with Crippen molar-refractivity contribution in [1.82, 2.24) is 0 Å². The van der Waals surface area contributed by atoms with Crippen LogP contribution in [0, 0.1) is 29.6 Å². The Morgan fingerprint density at radius 3 is 1.74 bits per heavy atom. The normalized spacial score (nSPS) is 20.1. The van der Waals surface area contributed by atoms with Gasteiger partial charge in [0.05, 0.1) is 18.3 Å². The second-order valence-corrected chi connectivity index (χ2v) is 25.0. The molecule has 0 aliphatic rings. The first kappa shape index (κ1) is 38.5. The van der Waals surface area contributed by atoms with Crippen LogP contribution in [0.15, 0.2) is 24.8 Å². The molecule has 0 amide bonds. The molecule has 0 radical (unpaired) electrons. The summed E-state index contributed by atoms with van der Waals surface area (Å²) >= 11 is 0. The summed E-state index contributed by atoms with van der Waals surface area (Å²) < 4.78 is 13.8. The molecule has 0 spiro atoms. The number of rotatable bonds is 17. The van der Waals surface area contributed by atoms with Crippen LogP contribution < -0.4 is 0 Å². The van der Waals surface area contributed by atoms with Crippen molar-refractivity contribution >= 4 is 22.9 Å². The highest BCUT2D eigenvalue weighted by Gasteiger charge is 2.43. The molecule has 0 fully saturated rings. The summed E-state index contributed by atoms with van der Waals surface area (Å²) in [6, 6.07) is 0. The van der Waals surface area contributed by atoms with Gasteiger partial charge >= 0.3 is 0 Å². The molecule has 0 unspecified atom stereocenters. The Morgan fingerprint density at radius 1 is 0.821 bits per heavy atom. The molecule has 0 heterocycles. The molecule has 0 bridgehead atoms. The zero-order valence-corrected chi connectivity index (χ0v) is 30.4. The molecule has 1 N–H and O–H groups in total. The first-order chi connectivity index (χ1) is 17.5. The molecule has 0 rings (SSSR count). The molecule has 0 aliphatic heterocycles. The van der Waals surface area contributed by atoms with Gasteiger partial charge in [-0.25, -0.2) is 0 Å². The van der Waals surface area contributed by atoms with Crippen LogP contribution in [0.2, 0.25) is 36.3 Å². The molecule has 0 aromatic rings. The summed E-state index contributed by atoms with van der Waals surface area (Å²) in [4.78, 5) is 11.8. The predicted molar refractivity (Wildman–Crippen MR) is 175 cm³/mol. The molecule has 0 aromatic carbocycles. The van der Waals surface area contributed by atoms with Gasteiger partial charge in [-0.1, -0.05) is 101 Å². The van der Waals surface area contributed by atoms with E-state index in [4.69, 9.17) is 8.85 Å². The van der Waals surface area contributed by atoms with Gasteiger partial charge in [-0.2, -0.15) is 0 Å². The van der Waals surface area contributed by atoms with E-state index in [9.17, 15) is 9.90 Å². The summed E-state index contributed by atoms with van der Waals surface area (Å²) in [6.45, 7) is 37.2. The van der Waals surface area contributed by atoms with Gasteiger partial charge in [0.2, 0.25) is 0 Å². The van der Waals surface area contributed by atoms with Crippen LogP contribution in [0.25, 0.3) is 0 Å². The number of carbonyl (C=O) groups is 1. The predicted octanol–water partition coefficient (Wildman–Crippen LogP) is 9.42. The second-order valence-electron chi connectivity index (χ2n) is 15.5. The summed E-state index contributed by atoms with van der Waals surface area (Å²) in [7, 11) is -4.03. The lowest BCUT2D eigenvalue weighted by molar-refractivity contribution is -0.114. The average molecular weight is 583 g/mol. The highest BCUT2D eigenvalue weighted by atomic mass is 28.4. The van der Waals surface area contributed by atoms with E-state index in [0.29, 0.717) is 5.92 Å². The first-order valence-electron chi connectivity index (χ1n) is 15.3. The third kappa shape index (κ3) is 12.1. The van der Waals surface area contributed by atoms with Crippen molar-refractivity contribution in [2.75, 3.05) is 0 Å². The lowest BCUT2D eigenvalue weighted by Gasteiger charge is -2.43. The fraction of sp³-hybridized carbons (Fsp3) is 0.848. The molecule has 0 saturated heterocycles. The van der Waals surface area contributed by atoms with Crippen LogP contribution in [0.3, 0.4) is 0 Å². The van der Waals surface area contributed by atoms with Crippen LogP contribution in [0.4, 0.5) is 0 Å². The summed E-state index contributed by atoms with van der Waals surface area (Å²) in [5, 5.41) is 11.4. The molecule has 0 aliphatic carbocycles. The fourth-order valence-corrected chi connectivity index (χ4v) is 7.65. The van der Waals surface area contributed by atoms with Crippen molar-refractivity contribution in [1.29, 1.82) is 0 Å². The number of aldehydes is 1. The SMILES string of the molecule is C=C/C=C/[C@H](C)[C@H](O)[C@@H](C)[C@@H](CC[C@H](C)C[C@H](C)[C@@H](O[Si](C)(C)C(C)(C)C)[C@@H](C)C=O)O[Si](C)(C)C(C)(C)C. The number of hydrogen-bond acceptors (Lipinski definition) is 4. The van der Waals surface area contributed by atoms with Crippen LogP contribution in [-0.2, 0) is 13.6 Å². The standard InChI is InChI=1S/C33H66O4Si2/c1-17-18-19-25(3)30(35)28(6)29(36-38(13,14)32(7,8)9)21-20-24(2)22-26(4)31(27(5)23-34)37-39(15,16)33(10,11)12/h17-19,23-31,35H,1,20-22H2,2-16H3/b19-18+/t24-,25-,26-,27-,28-,29+,30-,31+/m0/s1. The molecule has 6 heteroatoms. The minimum atomic E-state index is -2.02. The van der Waals surface area contributed by atoms with Gasteiger partial charge in [-0.05, 0) is 67.4 Å². The highest BCUT2D eigenvalue weighted by molar-refractivity contribution is 6.74. The lowest BCUT2D eigenvalue weighted by atomic mass is 9.83. The monoisotopic (exact) mass is 582 g/mol. The number of hydrogen-bond donors (Lipinski definition) is 1. The number of carbonyl (C=O) groups excluding carboxylic acids is 1. The van der Waals surface area contributed by atoms with Crippen molar-refractivity contribution in [2.45, 2.75) is 150 Å². The van der Waals surface area contributed by atoms with Crippen molar-refractivity contribution in [2.24, 2.45) is 29.6 Å². The molecule has 39 heavy (non-hydrogen) atoms. The molecule has 4 nitrogen and oxygen atoms in total. The van der Waals surface area contributed by atoms with E-state index < -0.39 is 22.7 Å². The van der Waals surface area contributed by atoms with Gasteiger partial charge in [-0.15, -0.1) is 0 Å². The first-order valence-corrected chi connectivity index (χ1v) is 21.1. The second kappa shape index (κ2) is 15.6. The van der Waals surface area contributed by atoms with Crippen LogP contribution >= 0.6 is 0 Å². The van der Waals surface area contributed by atoms with E-state index in [0.717, 1.165) is 25.5 Å². The maximum atomic E-state index is 11.8. The molecular weight excluding hydrogens is 517 g/mol. The topological polar surface area (TPSA) is 55.8 Å². The third-order valence-corrected chi connectivity index (χ3v) is 18.7. The Labute approximate surface area is 245 Å². The maximum Gasteiger partial charge on any atom is 0.192 e. The quantitative estimate of drug-likeness (QED) is 0.105. The zero-order valence-electron chi connectivity index (χ0n) is 28.4. The van der Waals surface area contributed by atoms with E-state index in [1.807, 2.05) is 19.1 Å². The Balaban J connectivity index is 5.72. The Kier molecular flexibility index (Phi) is 15.4. The van der Waals surface area contributed by atoms with E-state index in [1.54, 1.807) is 6.08 Å². The van der Waals surface area contributed by atoms with E-state index in [2.05, 4.69) is 102 Å². The largest absolute Gasteiger partial charge is 0.414 e. The van der Waals surface area contributed by atoms with E-state index in [-0.39, 0.29) is 46.0 Å². The zero-order chi connectivity index (χ0) is 31.0. The van der Waals surface area contributed by atoms with E-state index in [1.165, 1.54) is 0 Å². The van der Waals surface area contributed by atoms with Crippen LogP contribution in [0.5, 0.6) is 0 Å². The molecule has 0 saturated carbocycles. The summed E-state index contributed by atoms with van der Waals surface area (Å²) in [5.74, 6) is 0.645. The van der Waals surface area contributed by atoms with Gasteiger partial charge < -0.3 is 18.8 Å². The third-order valence-electron chi connectivity index (χ3n) is 9.72. The van der Waals surface area contributed by atoms with Gasteiger partial charge in [0.25, 0.3) is 0 Å². The van der Waals surface area contributed by atoms with Crippen molar-refractivity contribution in [3.05, 3.63) is 24.8 Å². The van der Waals surface area contributed by atoms with Crippen molar-refractivity contribution in [3.63, 3.8) is 0 Å². The van der Waals surface area contributed by atoms with Gasteiger partial charge in [0, 0.05) is 17.8 Å². The molecule has 8 atom stereocenters. The lowest BCUT2D eigenvalue weighted by Crippen LogP contribution is -2.48. The van der Waals surface area contributed by atoms with E-state index >= 15 is 0 Å². The fourth-order valence-electron chi connectivity index (χ4n) is 4.72. The smallest absolute Gasteiger partial charge is 0.192 e. The Hall–Kier alpha value is -0.536. The van der Waals surface area contributed by atoms with Gasteiger partial charge in [-0.3, -0.25) is 0 Å². The van der Waals surface area contributed by atoms with Crippen molar-refractivity contribution < 1.29 is 18.8 Å². The number of aliphatic hydroxyl groups is 1. The van der Waals surface area contributed by atoms with Crippen molar-refractivity contribution in [3.8, 4) is 0 Å². The molecular formula is C33H66O4Si2. The Bertz CT molecular complexity index is 763. The minimum Gasteiger partial charge on any atom is -0.414 e. The maximum absolute atomic E-state index is 11.8. The van der Waals surface area contributed by atoms with Gasteiger partial charge in [0.15, 0.2) is 16.6 Å². The number of allylic oxidation sites excluding steroid dienone is 2. The Morgan fingerprint density at radius 2 is 1.31 bits per heavy atom. The highest BCUT2D eigenvalue weighted by Crippen LogP contribution is 2.41. The average Bonchev–Trinajstić information content (AvgIpc) is 2.80. The minimum absolute atomic E-state index is 0.00796. The molecule has 0 aromatic heterocycles.